The summed E-state index contributed by atoms with van der Waals surface area (Å²) in [6, 6.07) is 15.5. The monoisotopic (exact) mass is 393 g/mol. The Balaban J connectivity index is 1.59. The fraction of sp³-hybridized carbons (Fsp3) is 0.318. The molecule has 0 bridgehead atoms. The van der Waals surface area contributed by atoms with E-state index in [9.17, 15) is 19.5 Å². The van der Waals surface area contributed by atoms with Gasteiger partial charge in [0, 0.05) is 5.69 Å². The number of carbonyl (C=O) groups excluding carboxylic acids is 3. The summed E-state index contributed by atoms with van der Waals surface area (Å²) in [5.74, 6) is -0.572. The van der Waals surface area contributed by atoms with E-state index in [4.69, 9.17) is 0 Å². The molecule has 1 saturated heterocycles. The number of hydrogen-bond donors (Lipinski definition) is 3. The second-order valence-corrected chi connectivity index (χ2v) is 8.21. The minimum atomic E-state index is -0.976. The van der Waals surface area contributed by atoms with Crippen molar-refractivity contribution in [3.8, 4) is 0 Å². The van der Waals surface area contributed by atoms with Gasteiger partial charge in [-0.05, 0) is 50.5 Å². The largest absolute Gasteiger partial charge is 0.393 e. The van der Waals surface area contributed by atoms with E-state index in [-0.39, 0.29) is 11.8 Å². The van der Waals surface area contributed by atoms with Crippen LogP contribution in [0.15, 0.2) is 54.6 Å². The van der Waals surface area contributed by atoms with Crippen LogP contribution in [0.2, 0.25) is 0 Å². The van der Waals surface area contributed by atoms with Gasteiger partial charge in [-0.1, -0.05) is 36.4 Å². The lowest BCUT2D eigenvalue weighted by atomic mass is 9.62. The number of nitrogens with zero attached hydrogens (tertiary/aromatic N) is 1. The van der Waals surface area contributed by atoms with Crippen molar-refractivity contribution in [1.29, 1.82) is 0 Å². The molecule has 0 spiro atoms. The molecule has 2 aliphatic rings. The van der Waals surface area contributed by atoms with E-state index in [1.165, 1.54) is 0 Å². The van der Waals surface area contributed by atoms with Crippen molar-refractivity contribution in [2.45, 2.75) is 43.7 Å². The van der Waals surface area contributed by atoms with Crippen LogP contribution in [0.1, 0.15) is 32.3 Å². The summed E-state index contributed by atoms with van der Waals surface area (Å²) < 4.78 is 0. The van der Waals surface area contributed by atoms with E-state index in [1.807, 2.05) is 30.3 Å². The number of carbonyl (C=O) groups is 3. The molecule has 7 heteroatoms. The van der Waals surface area contributed by atoms with Gasteiger partial charge < -0.3 is 15.7 Å². The Hall–Kier alpha value is -3.19. The molecule has 1 saturated carbocycles. The fourth-order valence-corrected chi connectivity index (χ4v) is 4.01. The number of aliphatic hydroxyl groups excluding tert-OH is 1. The zero-order valence-electron chi connectivity index (χ0n) is 16.3. The first kappa shape index (κ1) is 19.1. The topological polar surface area (TPSA) is 98.7 Å². The molecule has 4 amide bonds. The lowest BCUT2D eigenvalue weighted by Crippen LogP contribution is -2.53. The number of aliphatic hydroxyl groups is 1. The first-order chi connectivity index (χ1) is 13.7. The lowest BCUT2D eigenvalue weighted by molar-refractivity contribution is -0.129. The average Bonchev–Trinajstić information content (AvgIpc) is 2.86. The van der Waals surface area contributed by atoms with E-state index in [1.54, 1.807) is 38.1 Å². The highest BCUT2D eigenvalue weighted by molar-refractivity contribution is 6.23. The Morgan fingerprint density at radius 1 is 1.10 bits per heavy atom. The molecular formula is C22H23N3O4. The smallest absolute Gasteiger partial charge is 0.329 e. The minimum Gasteiger partial charge on any atom is -0.393 e. The Morgan fingerprint density at radius 3 is 2.38 bits per heavy atom. The summed E-state index contributed by atoms with van der Waals surface area (Å²) in [6.45, 7) is 3.29. The highest BCUT2D eigenvalue weighted by Gasteiger charge is 2.51. The van der Waals surface area contributed by atoms with Crippen molar-refractivity contribution in [2.75, 3.05) is 10.2 Å². The van der Waals surface area contributed by atoms with Crippen molar-refractivity contribution in [3.05, 3.63) is 60.2 Å². The third kappa shape index (κ3) is 3.17. The van der Waals surface area contributed by atoms with Gasteiger partial charge in [0.05, 0.1) is 17.2 Å². The van der Waals surface area contributed by atoms with Crippen LogP contribution in [0.25, 0.3) is 0 Å². The van der Waals surface area contributed by atoms with Gasteiger partial charge in [-0.25, -0.2) is 9.69 Å². The molecule has 0 atom stereocenters. The van der Waals surface area contributed by atoms with Crippen LogP contribution < -0.4 is 15.5 Å². The van der Waals surface area contributed by atoms with Gasteiger partial charge in [0.15, 0.2) is 0 Å². The Kier molecular flexibility index (Phi) is 4.42. The second kappa shape index (κ2) is 6.70. The van der Waals surface area contributed by atoms with Crippen molar-refractivity contribution >= 4 is 29.2 Å². The number of benzene rings is 2. The molecule has 1 aliphatic carbocycles. The van der Waals surface area contributed by atoms with E-state index >= 15 is 0 Å². The SMILES string of the molecule is CC1(C)NC(=O)N(c2cccc(NC(=O)C3(c4ccccc4)CC(O)C3)c2)C1=O. The molecule has 2 fully saturated rings. The van der Waals surface area contributed by atoms with Crippen LogP contribution in [0.3, 0.4) is 0 Å². The summed E-state index contributed by atoms with van der Waals surface area (Å²) in [6.07, 6.45) is 0.188. The first-order valence-electron chi connectivity index (χ1n) is 9.55. The van der Waals surface area contributed by atoms with E-state index in [0.717, 1.165) is 10.5 Å². The van der Waals surface area contributed by atoms with Gasteiger partial charge in [0.2, 0.25) is 5.91 Å². The van der Waals surface area contributed by atoms with Gasteiger partial charge in [0.1, 0.15) is 5.54 Å². The third-order valence-electron chi connectivity index (χ3n) is 5.65. The summed E-state index contributed by atoms with van der Waals surface area (Å²) in [4.78, 5) is 39.0. The maximum absolute atomic E-state index is 13.1. The fourth-order valence-electron chi connectivity index (χ4n) is 4.01. The molecule has 4 rings (SSSR count). The maximum atomic E-state index is 13.1. The predicted molar refractivity (Wildman–Crippen MR) is 109 cm³/mol. The summed E-state index contributed by atoms with van der Waals surface area (Å²) in [5, 5.41) is 15.4. The molecular weight excluding hydrogens is 370 g/mol. The number of rotatable bonds is 4. The standard InChI is InChI=1S/C22H23N3O4/c1-21(2)19(28)25(20(29)24-21)16-10-6-9-15(11-16)23-18(27)22(12-17(26)13-22)14-7-4-3-5-8-14/h3-11,17,26H,12-13H2,1-2H3,(H,23,27)(H,24,29). The van der Waals surface area contributed by atoms with Gasteiger partial charge in [-0.3, -0.25) is 9.59 Å². The molecule has 29 heavy (non-hydrogen) atoms. The maximum Gasteiger partial charge on any atom is 0.329 e. The second-order valence-electron chi connectivity index (χ2n) is 8.21. The quantitative estimate of drug-likeness (QED) is 0.695. The van der Waals surface area contributed by atoms with E-state index in [2.05, 4.69) is 10.6 Å². The zero-order valence-corrected chi connectivity index (χ0v) is 16.3. The highest BCUT2D eigenvalue weighted by atomic mass is 16.3. The molecule has 0 aromatic heterocycles. The Labute approximate surface area is 168 Å². The molecule has 3 N–H and O–H groups in total. The van der Waals surface area contributed by atoms with Crippen molar-refractivity contribution in [2.24, 2.45) is 0 Å². The molecule has 2 aromatic rings. The number of anilines is 2. The van der Waals surface area contributed by atoms with Crippen LogP contribution in [-0.2, 0) is 15.0 Å². The molecule has 0 radical (unpaired) electrons. The van der Waals surface area contributed by atoms with Gasteiger partial charge in [-0.15, -0.1) is 0 Å². The number of amides is 4. The Bertz CT molecular complexity index is 981. The van der Waals surface area contributed by atoms with Crippen LogP contribution in [-0.4, -0.2) is 34.6 Å². The molecule has 7 nitrogen and oxygen atoms in total. The molecule has 150 valence electrons. The van der Waals surface area contributed by atoms with Crippen LogP contribution in [0.4, 0.5) is 16.2 Å². The zero-order chi connectivity index (χ0) is 20.8. The van der Waals surface area contributed by atoms with Gasteiger partial charge in [0.25, 0.3) is 5.91 Å². The predicted octanol–water partition coefficient (Wildman–Crippen LogP) is 2.55. The molecule has 2 aromatic carbocycles. The summed E-state index contributed by atoms with van der Waals surface area (Å²) in [5.41, 5.74) is -0.0440. The Morgan fingerprint density at radius 2 is 1.79 bits per heavy atom. The molecule has 0 unspecified atom stereocenters. The van der Waals surface area contributed by atoms with Crippen molar-refractivity contribution in [3.63, 3.8) is 0 Å². The number of urea groups is 1. The molecule has 1 aliphatic heterocycles. The average molecular weight is 393 g/mol. The van der Waals surface area contributed by atoms with Crippen LogP contribution in [0, 0.1) is 0 Å². The van der Waals surface area contributed by atoms with Gasteiger partial charge in [-0.2, -0.15) is 0 Å². The number of imide groups is 1. The summed E-state index contributed by atoms with van der Waals surface area (Å²) in [7, 11) is 0. The third-order valence-corrected chi connectivity index (χ3v) is 5.65. The molecule has 1 heterocycles. The van der Waals surface area contributed by atoms with Crippen molar-refractivity contribution in [1.82, 2.24) is 5.32 Å². The van der Waals surface area contributed by atoms with E-state index in [0.29, 0.717) is 24.2 Å². The summed E-state index contributed by atoms with van der Waals surface area (Å²) >= 11 is 0. The first-order valence-corrected chi connectivity index (χ1v) is 9.55. The van der Waals surface area contributed by atoms with E-state index < -0.39 is 23.1 Å². The number of nitrogens with one attached hydrogen (secondary N) is 2. The van der Waals surface area contributed by atoms with Crippen LogP contribution in [0.5, 0.6) is 0 Å². The number of hydrogen-bond acceptors (Lipinski definition) is 4. The van der Waals surface area contributed by atoms with Gasteiger partial charge >= 0.3 is 6.03 Å². The normalized spacial score (nSPS) is 25.3. The highest BCUT2D eigenvalue weighted by Crippen LogP contribution is 2.45. The van der Waals surface area contributed by atoms with Crippen LogP contribution >= 0.6 is 0 Å². The van der Waals surface area contributed by atoms with Crippen molar-refractivity contribution < 1.29 is 19.5 Å². The lowest BCUT2D eigenvalue weighted by Gasteiger charge is -2.44. The minimum absolute atomic E-state index is 0.219.